The summed E-state index contributed by atoms with van der Waals surface area (Å²) in [4.78, 5) is 11.1. The lowest BCUT2D eigenvalue weighted by Gasteiger charge is -2.11. The molecule has 0 unspecified atom stereocenters. The fraction of sp³-hybridized carbons (Fsp3) is 0.188. The van der Waals surface area contributed by atoms with Crippen molar-refractivity contribution >= 4 is 23.0 Å². The number of anilines is 3. The number of aryl methyl sites for hydroxylation is 2. The summed E-state index contributed by atoms with van der Waals surface area (Å²) < 4.78 is 13.9. The predicted octanol–water partition coefficient (Wildman–Crippen LogP) is 3.34. The number of rotatable bonds is 3. The van der Waals surface area contributed by atoms with Crippen LogP contribution in [0.25, 0.3) is 0 Å². The van der Waals surface area contributed by atoms with Crippen LogP contribution in [0.1, 0.15) is 27.9 Å². The van der Waals surface area contributed by atoms with Gasteiger partial charge in [-0.05, 0) is 54.7 Å². The lowest BCUT2D eigenvalue weighted by atomic mass is 10.1. The van der Waals surface area contributed by atoms with Gasteiger partial charge >= 0.3 is 5.97 Å². The lowest BCUT2D eigenvalue weighted by molar-refractivity contribution is 0.0698. The van der Waals surface area contributed by atoms with Crippen molar-refractivity contribution in [3.63, 3.8) is 0 Å². The molecule has 0 heterocycles. The van der Waals surface area contributed by atoms with Gasteiger partial charge in [0.2, 0.25) is 0 Å². The molecule has 0 saturated carbocycles. The Bertz CT molecular complexity index is 728. The van der Waals surface area contributed by atoms with Gasteiger partial charge in [0.05, 0.1) is 11.3 Å². The Morgan fingerprint density at radius 3 is 2.71 bits per heavy atom. The molecule has 0 radical (unpaired) electrons. The van der Waals surface area contributed by atoms with Crippen molar-refractivity contribution in [2.24, 2.45) is 0 Å². The molecule has 0 bridgehead atoms. The number of nitrogen functional groups attached to an aromatic ring is 1. The number of aromatic carboxylic acids is 1. The first-order valence-electron chi connectivity index (χ1n) is 6.76. The van der Waals surface area contributed by atoms with E-state index in [4.69, 9.17) is 10.8 Å². The molecule has 2 aromatic carbocycles. The minimum atomic E-state index is -1.18. The molecule has 4 N–H and O–H groups in total. The van der Waals surface area contributed by atoms with Gasteiger partial charge in [0, 0.05) is 11.4 Å². The van der Waals surface area contributed by atoms with Crippen molar-refractivity contribution in [1.82, 2.24) is 0 Å². The molecule has 4 nitrogen and oxygen atoms in total. The van der Waals surface area contributed by atoms with E-state index in [0.29, 0.717) is 0 Å². The van der Waals surface area contributed by atoms with E-state index in [1.807, 2.05) is 18.2 Å². The molecule has 21 heavy (non-hydrogen) atoms. The van der Waals surface area contributed by atoms with Crippen LogP contribution in [-0.4, -0.2) is 11.1 Å². The summed E-state index contributed by atoms with van der Waals surface area (Å²) in [6.45, 7) is 0. The highest BCUT2D eigenvalue weighted by molar-refractivity contribution is 5.95. The quantitative estimate of drug-likeness (QED) is 0.756. The number of carboxylic acid groups (broad SMARTS) is 1. The number of hydrogen-bond donors (Lipinski definition) is 3. The van der Waals surface area contributed by atoms with Gasteiger partial charge in [-0.25, -0.2) is 9.18 Å². The van der Waals surface area contributed by atoms with Crippen LogP contribution in [0.2, 0.25) is 0 Å². The maximum atomic E-state index is 13.9. The van der Waals surface area contributed by atoms with Crippen LogP contribution < -0.4 is 11.1 Å². The number of halogens is 1. The highest BCUT2D eigenvalue weighted by Crippen LogP contribution is 2.29. The van der Waals surface area contributed by atoms with Crippen LogP contribution in [0, 0.1) is 5.82 Å². The van der Waals surface area contributed by atoms with Crippen LogP contribution in [0.4, 0.5) is 21.5 Å². The molecule has 0 fully saturated rings. The second kappa shape index (κ2) is 5.09. The summed E-state index contributed by atoms with van der Waals surface area (Å²) in [7, 11) is 0. The molecule has 5 heteroatoms. The van der Waals surface area contributed by atoms with Crippen molar-refractivity contribution in [3.8, 4) is 0 Å². The van der Waals surface area contributed by atoms with Crippen LogP contribution in [0.3, 0.4) is 0 Å². The molecular weight excluding hydrogens is 271 g/mol. The maximum Gasteiger partial charge on any atom is 0.337 e. The summed E-state index contributed by atoms with van der Waals surface area (Å²) in [5, 5.41) is 12.0. The van der Waals surface area contributed by atoms with Gasteiger partial charge in [0.15, 0.2) is 0 Å². The first-order valence-corrected chi connectivity index (χ1v) is 6.76. The van der Waals surface area contributed by atoms with E-state index in [1.54, 1.807) is 0 Å². The molecule has 0 atom stereocenters. The van der Waals surface area contributed by atoms with Gasteiger partial charge in [-0.2, -0.15) is 0 Å². The van der Waals surface area contributed by atoms with Crippen molar-refractivity contribution in [2.45, 2.75) is 19.3 Å². The molecule has 0 aromatic heterocycles. The Hall–Kier alpha value is -2.56. The minimum absolute atomic E-state index is 0.0838. The van der Waals surface area contributed by atoms with Gasteiger partial charge < -0.3 is 16.2 Å². The van der Waals surface area contributed by atoms with Gasteiger partial charge in [-0.15, -0.1) is 0 Å². The Morgan fingerprint density at radius 1 is 1.19 bits per heavy atom. The maximum absolute atomic E-state index is 13.9. The molecule has 108 valence electrons. The van der Waals surface area contributed by atoms with Gasteiger partial charge in [-0.1, -0.05) is 6.07 Å². The fourth-order valence-electron chi connectivity index (χ4n) is 2.67. The zero-order chi connectivity index (χ0) is 15.0. The Balaban J connectivity index is 1.94. The highest BCUT2D eigenvalue weighted by Gasteiger charge is 2.15. The van der Waals surface area contributed by atoms with E-state index in [-0.39, 0.29) is 16.9 Å². The van der Waals surface area contributed by atoms with E-state index in [9.17, 15) is 9.18 Å². The molecule has 1 aliphatic rings. The average Bonchev–Trinajstić information content (AvgIpc) is 2.88. The molecule has 0 aliphatic heterocycles. The monoisotopic (exact) mass is 286 g/mol. The number of carbonyl (C=O) groups is 1. The molecule has 0 amide bonds. The van der Waals surface area contributed by atoms with Crippen molar-refractivity contribution in [1.29, 1.82) is 0 Å². The van der Waals surface area contributed by atoms with Crippen molar-refractivity contribution in [3.05, 3.63) is 52.8 Å². The second-order valence-corrected chi connectivity index (χ2v) is 5.19. The van der Waals surface area contributed by atoms with Crippen molar-refractivity contribution in [2.75, 3.05) is 11.1 Å². The zero-order valence-corrected chi connectivity index (χ0v) is 11.3. The summed E-state index contributed by atoms with van der Waals surface area (Å²) >= 11 is 0. The molecule has 2 aromatic rings. The average molecular weight is 286 g/mol. The number of hydrogen-bond acceptors (Lipinski definition) is 3. The van der Waals surface area contributed by atoms with Crippen LogP contribution in [0.15, 0.2) is 30.3 Å². The number of nitrogens with two attached hydrogens (primary N) is 1. The summed E-state index contributed by atoms with van der Waals surface area (Å²) in [6.07, 6.45) is 3.24. The third-order valence-electron chi connectivity index (χ3n) is 3.75. The zero-order valence-electron chi connectivity index (χ0n) is 11.3. The number of benzene rings is 2. The predicted molar refractivity (Wildman–Crippen MR) is 79.5 cm³/mol. The Morgan fingerprint density at radius 2 is 1.95 bits per heavy atom. The summed E-state index contributed by atoms with van der Waals surface area (Å²) in [5.41, 5.74) is 8.75. The Labute approximate surface area is 121 Å². The first kappa shape index (κ1) is 13.4. The van der Waals surface area contributed by atoms with E-state index >= 15 is 0 Å². The Kier molecular flexibility index (Phi) is 3.25. The number of fused-ring (bicyclic) bond motifs is 1. The summed E-state index contributed by atoms with van der Waals surface area (Å²) in [6, 6.07) is 8.14. The van der Waals surface area contributed by atoms with Crippen molar-refractivity contribution < 1.29 is 14.3 Å². The minimum Gasteiger partial charge on any atom is -0.478 e. The largest absolute Gasteiger partial charge is 0.478 e. The third kappa shape index (κ3) is 2.54. The lowest BCUT2D eigenvalue weighted by Crippen LogP contribution is -2.05. The van der Waals surface area contributed by atoms with E-state index < -0.39 is 11.8 Å². The second-order valence-electron chi connectivity index (χ2n) is 5.19. The molecule has 0 spiro atoms. The fourth-order valence-corrected chi connectivity index (χ4v) is 2.67. The van der Waals surface area contributed by atoms with E-state index in [0.717, 1.165) is 31.0 Å². The first-order chi connectivity index (χ1) is 10.0. The van der Waals surface area contributed by atoms with Crippen LogP contribution in [0.5, 0.6) is 0 Å². The molecule has 1 aliphatic carbocycles. The number of nitrogens with one attached hydrogen (secondary N) is 1. The van der Waals surface area contributed by atoms with Crippen LogP contribution >= 0.6 is 0 Å². The van der Waals surface area contributed by atoms with E-state index in [1.165, 1.54) is 17.2 Å². The smallest absolute Gasteiger partial charge is 0.337 e. The van der Waals surface area contributed by atoms with Crippen LogP contribution in [-0.2, 0) is 12.8 Å². The van der Waals surface area contributed by atoms with Gasteiger partial charge in [-0.3, -0.25) is 0 Å². The standard InChI is InChI=1S/C16H15FN2O2/c17-13-8-14(18)12(16(20)21)7-15(13)19-11-5-4-9-2-1-3-10(9)6-11/h4-8,19H,1-3,18H2,(H,20,21). The SMILES string of the molecule is Nc1cc(F)c(Nc2ccc3c(c2)CCC3)cc1C(=O)O. The topological polar surface area (TPSA) is 75.3 Å². The molecule has 3 rings (SSSR count). The number of carboxylic acids is 1. The molecule has 0 saturated heterocycles. The van der Waals surface area contributed by atoms with Gasteiger partial charge in [0.1, 0.15) is 5.82 Å². The normalized spacial score (nSPS) is 13.0. The summed E-state index contributed by atoms with van der Waals surface area (Å²) in [5.74, 6) is -1.75. The highest BCUT2D eigenvalue weighted by atomic mass is 19.1. The third-order valence-corrected chi connectivity index (χ3v) is 3.75. The molecular formula is C16H15FN2O2. The van der Waals surface area contributed by atoms with Gasteiger partial charge in [0.25, 0.3) is 0 Å². The van der Waals surface area contributed by atoms with E-state index in [2.05, 4.69) is 5.32 Å².